The van der Waals surface area contributed by atoms with Crippen LogP contribution >= 0.6 is 0 Å². The van der Waals surface area contributed by atoms with Gasteiger partial charge in [-0.1, -0.05) is 0 Å². The Morgan fingerprint density at radius 1 is 1.46 bits per heavy atom. The number of nitrogens with two attached hydrogens (primary N) is 1. The van der Waals surface area contributed by atoms with Crippen molar-refractivity contribution in [3.63, 3.8) is 0 Å². The van der Waals surface area contributed by atoms with E-state index in [0.717, 1.165) is 6.20 Å². The number of nitrogens with one attached hydrogen (secondary N) is 1. The summed E-state index contributed by atoms with van der Waals surface area (Å²) in [6.07, 6.45) is -2.53. The minimum atomic E-state index is -4.74. The number of nitrogen functional groups attached to an aromatic ring is 1. The molecule has 1 heterocycles. The first-order valence-electron chi connectivity index (χ1n) is 3.19. The highest BCUT2D eigenvalue weighted by Gasteiger charge is 2.32. The summed E-state index contributed by atoms with van der Waals surface area (Å²) in [5.74, 6) is 4.48. The third kappa shape index (κ3) is 2.79. The maximum Gasteiger partial charge on any atom is 0.573 e. The van der Waals surface area contributed by atoms with E-state index in [9.17, 15) is 13.2 Å². The van der Waals surface area contributed by atoms with Crippen LogP contribution in [-0.4, -0.2) is 11.3 Å². The summed E-state index contributed by atoms with van der Waals surface area (Å²) in [5.41, 5.74) is 2.07. The standard InChI is InChI=1S/C6H6F3N3O/c7-6(8,9)13-5-3-11-2-1-4(5)12-10/h1-3H,10H2,(H,11,12). The average molecular weight is 193 g/mol. The van der Waals surface area contributed by atoms with Crippen LogP contribution in [0.2, 0.25) is 0 Å². The van der Waals surface area contributed by atoms with Crippen LogP contribution in [-0.2, 0) is 0 Å². The van der Waals surface area contributed by atoms with Crippen molar-refractivity contribution in [1.29, 1.82) is 0 Å². The van der Waals surface area contributed by atoms with Crippen molar-refractivity contribution in [2.75, 3.05) is 5.43 Å². The Hall–Kier alpha value is -1.50. The van der Waals surface area contributed by atoms with Gasteiger partial charge in [0.25, 0.3) is 0 Å². The fourth-order valence-electron chi connectivity index (χ4n) is 0.705. The van der Waals surface area contributed by atoms with Gasteiger partial charge in [-0.2, -0.15) is 0 Å². The van der Waals surface area contributed by atoms with Gasteiger partial charge < -0.3 is 10.2 Å². The maximum atomic E-state index is 11.7. The van der Waals surface area contributed by atoms with Gasteiger partial charge in [0.15, 0.2) is 5.75 Å². The second-order valence-corrected chi connectivity index (χ2v) is 2.06. The SMILES string of the molecule is NNc1ccncc1OC(F)(F)F. The molecule has 0 saturated heterocycles. The quantitative estimate of drug-likeness (QED) is 0.548. The summed E-state index contributed by atoms with van der Waals surface area (Å²) in [6, 6.07) is 1.26. The van der Waals surface area contributed by atoms with Crippen LogP contribution in [0.15, 0.2) is 18.5 Å². The zero-order valence-electron chi connectivity index (χ0n) is 6.30. The number of halogens is 3. The van der Waals surface area contributed by atoms with Crippen LogP contribution in [0.25, 0.3) is 0 Å². The Balaban J connectivity index is 2.87. The molecule has 0 atom stereocenters. The fraction of sp³-hybridized carbons (Fsp3) is 0.167. The van der Waals surface area contributed by atoms with E-state index >= 15 is 0 Å². The molecule has 0 spiro atoms. The predicted octanol–water partition coefficient (Wildman–Crippen LogP) is 1.27. The number of hydrogen-bond acceptors (Lipinski definition) is 4. The summed E-state index contributed by atoms with van der Waals surface area (Å²) in [4.78, 5) is 3.46. The molecule has 0 fully saturated rings. The number of alkyl halides is 3. The second-order valence-electron chi connectivity index (χ2n) is 2.06. The molecule has 1 rings (SSSR count). The van der Waals surface area contributed by atoms with Crippen LogP contribution in [0.3, 0.4) is 0 Å². The largest absolute Gasteiger partial charge is 0.573 e. The number of rotatable bonds is 2. The number of anilines is 1. The summed E-state index contributed by atoms with van der Waals surface area (Å²) >= 11 is 0. The third-order valence-corrected chi connectivity index (χ3v) is 1.17. The molecule has 0 radical (unpaired) electrons. The maximum absolute atomic E-state index is 11.7. The lowest BCUT2D eigenvalue weighted by atomic mass is 10.4. The molecule has 3 N–H and O–H groups in total. The molecule has 0 amide bonds. The molecule has 0 unspecified atom stereocenters. The van der Waals surface area contributed by atoms with Crippen molar-refractivity contribution in [3.8, 4) is 5.75 Å². The lowest BCUT2D eigenvalue weighted by Gasteiger charge is -2.11. The predicted molar refractivity (Wildman–Crippen MR) is 38.7 cm³/mol. The highest BCUT2D eigenvalue weighted by molar-refractivity contribution is 5.53. The Labute approximate surface area is 71.5 Å². The Morgan fingerprint density at radius 2 is 2.15 bits per heavy atom. The van der Waals surface area contributed by atoms with E-state index in [0.29, 0.717) is 0 Å². The zero-order chi connectivity index (χ0) is 9.90. The van der Waals surface area contributed by atoms with Crippen LogP contribution in [0.1, 0.15) is 0 Å². The van der Waals surface area contributed by atoms with Crippen LogP contribution in [0.5, 0.6) is 5.75 Å². The molecule has 13 heavy (non-hydrogen) atoms. The van der Waals surface area contributed by atoms with Gasteiger partial charge in [-0.3, -0.25) is 10.8 Å². The normalized spacial score (nSPS) is 11.1. The smallest absolute Gasteiger partial charge is 0.402 e. The van der Waals surface area contributed by atoms with Gasteiger partial charge in [-0.15, -0.1) is 13.2 Å². The molecule has 0 saturated carbocycles. The second kappa shape index (κ2) is 3.48. The van der Waals surface area contributed by atoms with Gasteiger partial charge in [0.2, 0.25) is 0 Å². The molecule has 0 aliphatic rings. The van der Waals surface area contributed by atoms with Crippen molar-refractivity contribution >= 4 is 5.69 Å². The van der Waals surface area contributed by atoms with E-state index in [-0.39, 0.29) is 5.69 Å². The molecule has 0 aliphatic heterocycles. The van der Waals surface area contributed by atoms with Gasteiger partial charge >= 0.3 is 6.36 Å². The fourth-order valence-corrected chi connectivity index (χ4v) is 0.705. The summed E-state index contributed by atoms with van der Waals surface area (Å²) in [5, 5.41) is 0. The highest BCUT2D eigenvalue weighted by atomic mass is 19.4. The van der Waals surface area contributed by atoms with Crippen molar-refractivity contribution in [2.24, 2.45) is 5.84 Å². The monoisotopic (exact) mass is 193 g/mol. The topological polar surface area (TPSA) is 60.2 Å². The lowest BCUT2D eigenvalue weighted by Crippen LogP contribution is -2.19. The van der Waals surface area contributed by atoms with E-state index in [1.165, 1.54) is 12.3 Å². The van der Waals surface area contributed by atoms with Gasteiger partial charge in [0.05, 0.1) is 11.9 Å². The summed E-state index contributed by atoms with van der Waals surface area (Å²) in [7, 11) is 0. The van der Waals surface area contributed by atoms with E-state index in [4.69, 9.17) is 5.84 Å². The number of nitrogens with zero attached hydrogens (tertiary/aromatic N) is 1. The Bertz CT molecular complexity index is 289. The van der Waals surface area contributed by atoms with E-state index in [1.807, 2.05) is 0 Å². The van der Waals surface area contributed by atoms with Gasteiger partial charge in [-0.25, -0.2) is 0 Å². The highest BCUT2D eigenvalue weighted by Crippen LogP contribution is 2.27. The van der Waals surface area contributed by atoms with E-state index < -0.39 is 12.1 Å². The Morgan fingerprint density at radius 3 is 2.69 bits per heavy atom. The van der Waals surface area contributed by atoms with Gasteiger partial charge in [0.1, 0.15) is 0 Å². The molecular formula is C6H6F3N3O. The van der Waals surface area contributed by atoms with E-state index in [1.54, 1.807) is 0 Å². The molecule has 72 valence electrons. The molecule has 0 aliphatic carbocycles. The first-order valence-corrected chi connectivity index (χ1v) is 3.19. The molecule has 0 bridgehead atoms. The first-order chi connectivity index (χ1) is 6.03. The Kier molecular flexibility index (Phi) is 2.57. The van der Waals surface area contributed by atoms with E-state index in [2.05, 4.69) is 15.1 Å². The molecule has 7 heteroatoms. The number of ether oxygens (including phenoxy) is 1. The number of aromatic nitrogens is 1. The molecule has 4 nitrogen and oxygen atoms in total. The van der Waals surface area contributed by atoms with Crippen molar-refractivity contribution in [1.82, 2.24) is 4.98 Å². The molecule has 1 aromatic rings. The first kappa shape index (κ1) is 9.59. The zero-order valence-corrected chi connectivity index (χ0v) is 6.30. The minimum absolute atomic E-state index is 0.0207. The van der Waals surface area contributed by atoms with Gasteiger partial charge in [0, 0.05) is 6.20 Å². The van der Waals surface area contributed by atoms with Crippen LogP contribution in [0, 0.1) is 0 Å². The van der Waals surface area contributed by atoms with Crippen molar-refractivity contribution < 1.29 is 17.9 Å². The molecule has 0 aromatic carbocycles. The minimum Gasteiger partial charge on any atom is -0.402 e. The molecule has 1 aromatic heterocycles. The van der Waals surface area contributed by atoms with Crippen molar-refractivity contribution in [3.05, 3.63) is 18.5 Å². The number of hydrogen-bond donors (Lipinski definition) is 2. The third-order valence-electron chi connectivity index (χ3n) is 1.17. The van der Waals surface area contributed by atoms with Gasteiger partial charge in [-0.05, 0) is 6.07 Å². The number of pyridine rings is 1. The van der Waals surface area contributed by atoms with Crippen LogP contribution < -0.4 is 16.0 Å². The average Bonchev–Trinajstić information content (AvgIpc) is 2.02. The van der Waals surface area contributed by atoms with Crippen molar-refractivity contribution in [2.45, 2.75) is 6.36 Å². The lowest BCUT2D eigenvalue weighted by molar-refractivity contribution is -0.274. The summed E-state index contributed by atoms with van der Waals surface area (Å²) < 4.78 is 38.8. The molecular weight excluding hydrogens is 187 g/mol. The summed E-state index contributed by atoms with van der Waals surface area (Å²) in [6.45, 7) is 0. The number of hydrazine groups is 1. The van der Waals surface area contributed by atoms with Crippen LogP contribution in [0.4, 0.5) is 18.9 Å².